The Kier molecular flexibility index (Phi) is 4.74. The zero-order valence-electron chi connectivity index (χ0n) is 13.7. The molecule has 0 aliphatic heterocycles. The maximum Gasteiger partial charge on any atom is 0.268 e. The highest BCUT2D eigenvalue weighted by Crippen LogP contribution is 2.28. The third kappa shape index (κ3) is 2.93. The van der Waals surface area contributed by atoms with E-state index in [1.807, 2.05) is 45.4 Å². The van der Waals surface area contributed by atoms with Gasteiger partial charge in [-0.3, -0.25) is 14.6 Å². The van der Waals surface area contributed by atoms with Crippen molar-refractivity contribution in [2.45, 2.75) is 46.6 Å². The first kappa shape index (κ1) is 16.3. The third-order valence-corrected chi connectivity index (χ3v) is 3.92. The fourth-order valence-corrected chi connectivity index (χ4v) is 2.80. The zero-order valence-corrected chi connectivity index (χ0v) is 13.7. The summed E-state index contributed by atoms with van der Waals surface area (Å²) in [6.07, 6.45) is 0. The van der Waals surface area contributed by atoms with Gasteiger partial charge in [0.25, 0.3) is 5.56 Å². The summed E-state index contributed by atoms with van der Waals surface area (Å²) in [6, 6.07) is 5.05. The number of aromatic nitrogens is 2. The molecule has 1 heterocycles. The van der Waals surface area contributed by atoms with Gasteiger partial charge in [-0.05, 0) is 45.4 Å². The van der Waals surface area contributed by atoms with Gasteiger partial charge in [0.2, 0.25) is 0 Å². The van der Waals surface area contributed by atoms with Crippen molar-refractivity contribution in [1.29, 1.82) is 0 Å². The van der Waals surface area contributed by atoms with Gasteiger partial charge in [-0.25, -0.2) is 4.39 Å². The number of rotatable bonds is 5. The summed E-state index contributed by atoms with van der Waals surface area (Å²) in [7, 11) is 0. The molecule has 1 aromatic carbocycles. The van der Waals surface area contributed by atoms with Crippen LogP contribution >= 0.6 is 0 Å². The van der Waals surface area contributed by atoms with Crippen molar-refractivity contribution in [3.63, 3.8) is 0 Å². The Labute approximate surface area is 129 Å². The van der Waals surface area contributed by atoms with Gasteiger partial charge >= 0.3 is 0 Å². The molecule has 0 radical (unpaired) electrons. The molecule has 1 unspecified atom stereocenters. The Hall–Kier alpha value is -2.04. The molecular weight excluding hydrogens is 283 g/mol. The van der Waals surface area contributed by atoms with Crippen LogP contribution in [0.1, 0.15) is 56.5 Å². The Bertz CT molecular complexity index is 716. The topological polar surface area (TPSA) is 47.0 Å². The zero-order chi connectivity index (χ0) is 16.4. The van der Waals surface area contributed by atoms with E-state index in [1.54, 1.807) is 6.07 Å². The van der Waals surface area contributed by atoms with Gasteiger partial charge in [0, 0.05) is 23.2 Å². The van der Waals surface area contributed by atoms with Gasteiger partial charge in [-0.2, -0.15) is 0 Å². The first-order valence-corrected chi connectivity index (χ1v) is 7.60. The fraction of sp³-hybridized carbons (Fsp3) is 0.471. The van der Waals surface area contributed by atoms with Crippen molar-refractivity contribution in [2.24, 2.45) is 0 Å². The molecule has 5 heteroatoms. The minimum absolute atomic E-state index is 0.118. The monoisotopic (exact) mass is 306 g/mol. The normalized spacial score (nSPS) is 12.7. The lowest BCUT2D eigenvalue weighted by Crippen LogP contribution is -2.11. The van der Waals surface area contributed by atoms with Crippen LogP contribution in [0, 0.1) is 12.7 Å². The predicted molar refractivity (Wildman–Crippen MR) is 85.3 cm³/mol. The number of ether oxygens (including phenoxy) is 1. The highest BCUT2D eigenvalue weighted by molar-refractivity contribution is 5.37. The van der Waals surface area contributed by atoms with Crippen LogP contribution in [0.2, 0.25) is 0 Å². The Morgan fingerprint density at radius 2 is 2.00 bits per heavy atom. The molecule has 0 saturated carbocycles. The number of halogens is 1. The van der Waals surface area contributed by atoms with E-state index >= 15 is 0 Å². The molecule has 2 aromatic rings. The lowest BCUT2D eigenvalue weighted by Gasteiger charge is -2.14. The first-order valence-electron chi connectivity index (χ1n) is 7.60. The number of hydrogen-bond acceptors (Lipinski definition) is 2. The number of aromatic amines is 1. The molecule has 1 atom stereocenters. The quantitative estimate of drug-likeness (QED) is 0.914. The van der Waals surface area contributed by atoms with Crippen molar-refractivity contribution >= 4 is 0 Å². The molecular formula is C17H23FN2O2. The summed E-state index contributed by atoms with van der Waals surface area (Å²) in [6.45, 7) is 10.1. The van der Waals surface area contributed by atoms with E-state index in [9.17, 15) is 9.18 Å². The van der Waals surface area contributed by atoms with Gasteiger partial charge in [0.1, 0.15) is 0 Å². The number of nitrogens with one attached hydrogen (secondary N) is 1. The number of hydrogen-bond donors (Lipinski definition) is 1. The maximum absolute atomic E-state index is 14.0. The Balaban J connectivity index is 2.42. The number of H-pyrrole nitrogens is 1. The van der Waals surface area contributed by atoms with Crippen LogP contribution in [0.5, 0.6) is 5.75 Å². The standard InChI is InChI=1S/C17H23FN2O2/c1-6-22-15-8-7-13(9-14(15)18)11(4)16-12(5)20(10(2)3)19-17(16)21/h7-11H,6H2,1-5H3,(H,19,21). The fourth-order valence-electron chi connectivity index (χ4n) is 2.80. The SMILES string of the molecule is CCOc1ccc(C(C)c2c(C)n(C(C)C)[nH]c2=O)cc1F. The summed E-state index contributed by atoms with van der Waals surface area (Å²) >= 11 is 0. The second-order valence-electron chi connectivity index (χ2n) is 5.75. The lowest BCUT2D eigenvalue weighted by molar-refractivity contribution is 0.321. The van der Waals surface area contributed by atoms with Crippen LogP contribution in [0.15, 0.2) is 23.0 Å². The largest absolute Gasteiger partial charge is 0.491 e. The summed E-state index contributed by atoms with van der Waals surface area (Å²) in [4.78, 5) is 12.2. The van der Waals surface area contributed by atoms with E-state index in [2.05, 4.69) is 5.10 Å². The molecule has 1 aromatic heterocycles. The second-order valence-corrected chi connectivity index (χ2v) is 5.75. The molecule has 2 rings (SSSR count). The third-order valence-electron chi connectivity index (χ3n) is 3.92. The summed E-state index contributed by atoms with van der Waals surface area (Å²) in [5.41, 5.74) is 2.21. The summed E-state index contributed by atoms with van der Waals surface area (Å²) in [5, 5.41) is 2.85. The Morgan fingerprint density at radius 3 is 2.50 bits per heavy atom. The van der Waals surface area contributed by atoms with Gasteiger partial charge in [0.15, 0.2) is 11.6 Å². The van der Waals surface area contributed by atoms with Crippen LogP contribution in [-0.2, 0) is 0 Å². The van der Waals surface area contributed by atoms with E-state index in [4.69, 9.17) is 4.74 Å². The van der Waals surface area contributed by atoms with E-state index in [-0.39, 0.29) is 23.3 Å². The van der Waals surface area contributed by atoms with Crippen molar-refractivity contribution in [3.05, 3.63) is 51.2 Å². The van der Waals surface area contributed by atoms with Crippen molar-refractivity contribution in [3.8, 4) is 5.75 Å². The smallest absolute Gasteiger partial charge is 0.268 e. The highest BCUT2D eigenvalue weighted by Gasteiger charge is 2.21. The Morgan fingerprint density at radius 1 is 1.32 bits per heavy atom. The van der Waals surface area contributed by atoms with E-state index in [0.29, 0.717) is 12.2 Å². The lowest BCUT2D eigenvalue weighted by atomic mass is 9.93. The van der Waals surface area contributed by atoms with Gasteiger partial charge in [-0.15, -0.1) is 0 Å². The average Bonchev–Trinajstić information content (AvgIpc) is 2.76. The molecule has 0 amide bonds. The average molecular weight is 306 g/mol. The first-order chi connectivity index (χ1) is 10.4. The van der Waals surface area contributed by atoms with E-state index < -0.39 is 5.82 Å². The maximum atomic E-state index is 14.0. The van der Waals surface area contributed by atoms with Gasteiger partial charge in [0.05, 0.1) is 6.61 Å². The molecule has 22 heavy (non-hydrogen) atoms. The molecule has 0 spiro atoms. The minimum Gasteiger partial charge on any atom is -0.491 e. The number of nitrogens with zero attached hydrogens (tertiary/aromatic N) is 1. The van der Waals surface area contributed by atoms with Crippen LogP contribution in [0.4, 0.5) is 4.39 Å². The molecule has 0 aliphatic rings. The predicted octanol–water partition coefficient (Wildman–Crippen LogP) is 3.76. The van der Waals surface area contributed by atoms with Crippen LogP contribution < -0.4 is 10.3 Å². The molecule has 4 nitrogen and oxygen atoms in total. The van der Waals surface area contributed by atoms with Crippen molar-refractivity contribution in [2.75, 3.05) is 6.61 Å². The molecule has 120 valence electrons. The van der Waals surface area contributed by atoms with Crippen molar-refractivity contribution < 1.29 is 9.13 Å². The molecule has 0 fully saturated rings. The highest BCUT2D eigenvalue weighted by atomic mass is 19.1. The molecule has 0 saturated heterocycles. The van der Waals surface area contributed by atoms with E-state index in [0.717, 1.165) is 11.3 Å². The summed E-state index contributed by atoms with van der Waals surface area (Å²) in [5.74, 6) is -0.346. The van der Waals surface area contributed by atoms with Crippen LogP contribution in [0.25, 0.3) is 0 Å². The van der Waals surface area contributed by atoms with Crippen LogP contribution in [-0.4, -0.2) is 16.4 Å². The van der Waals surface area contributed by atoms with E-state index in [1.165, 1.54) is 6.07 Å². The van der Waals surface area contributed by atoms with Gasteiger partial charge < -0.3 is 4.74 Å². The van der Waals surface area contributed by atoms with Crippen LogP contribution in [0.3, 0.4) is 0 Å². The minimum atomic E-state index is -0.399. The van der Waals surface area contributed by atoms with Crippen molar-refractivity contribution in [1.82, 2.24) is 9.78 Å². The molecule has 0 bridgehead atoms. The van der Waals surface area contributed by atoms with Gasteiger partial charge in [-0.1, -0.05) is 13.0 Å². The second kappa shape index (κ2) is 6.38. The molecule has 0 aliphatic carbocycles. The molecule has 1 N–H and O–H groups in total. The summed E-state index contributed by atoms with van der Waals surface area (Å²) < 4.78 is 21.1. The number of benzene rings is 1.